The van der Waals surface area contributed by atoms with Crippen LogP contribution >= 0.6 is 23.6 Å². The van der Waals surface area contributed by atoms with Gasteiger partial charge in [0.15, 0.2) is 5.11 Å². The zero-order valence-electron chi connectivity index (χ0n) is 14.2. The van der Waals surface area contributed by atoms with E-state index in [-0.39, 0.29) is 0 Å². The average molecular weight is 372 g/mol. The van der Waals surface area contributed by atoms with Crippen molar-refractivity contribution in [1.29, 1.82) is 0 Å². The highest BCUT2D eigenvalue weighted by Crippen LogP contribution is 2.26. The van der Waals surface area contributed by atoms with E-state index in [0.717, 1.165) is 16.2 Å². The maximum atomic E-state index is 5.43. The molecule has 3 aromatic rings. The predicted molar refractivity (Wildman–Crippen MR) is 107 cm³/mol. The summed E-state index contributed by atoms with van der Waals surface area (Å²) in [5.74, 6) is 0.550. The van der Waals surface area contributed by atoms with Gasteiger partial charge in [-0.05, 0) is 32.0 Å². The second-order valence-electron chi connectivity index (χ2n) is 6.55. The van der Waals surface area contributed by atoms with Crippen molar-refractivity contribution < 1.29 is 0 Å². The summed E-state index contributed by atoms with van der Waals surface area (Å²) in [7, 11) is 0. The molecule has 0 saturated heterocycles. The highest BCUT2D eigenvalue weighted by molar-refractivity contribution is 7.80. The Morgan fingerprint density at radius 2 is 1.96 bits per heavy atom. The predicted octanol–water partition coefficient (Wildman–Crippen LogP) is 4.39. The van der Waals surface area contributed by atoms with Crippen LogP contribution in [-0.4, -0.2) is 25.8 Å². The molecule has 7 heteroatoms. The number of thiazole rings is 1. The molecule has 2 aromatic heterocycles. The Morgan fingerprint density at radius 1 is 1.20 bits per heavy atom. The lowest BCUT2D eigenvalue weighted by molar-refractivity contribution is 0.414. The molecule has 0 bridgehead atoms. The average Bonchev–Trinajstić information content (AvgIpc) is 3.16. The minimum Gasteiger partial charge on any atom is -0.360 e. The topological polar surface area (TPSA) is 54.2 Å². The standard InChI is InChI=1S/C18H21N5S2/c1-12-7-9-13(10-8-12)15-11-25-18-21-16(22-23(15)18)20-17(24)19-14-5-3-2-4-6-14/h7-11,14H,2-6H2,1H3,(H2,19,20,22,24). The minimum atomic E-state index is 0.473. The molecule has 2 heterocycles. The third kappa shape index (κ3) is 3.67. The molecule has 25 heavy (non-hydrogen) atoms. The van der Waals surface area contributed by atoms with Gasteiger partial charge in [-0.15, -0.1) is 16.4 Å². The van der Waals surface area contributed by atoms with Gasteiger partial charge in [0, 0.05) is 17.0 Å². The van der Waals surface area contributed by atoms with Crippen molar-refractivity contribution in [2.75, 3.05) is 5.32 Å². The molecule has 2 N–H and O–H groups in total. The molecule has 130 valence electrons. The van der Waals surface area contributed by atoms with Crippen LogP contribution in [0, 0.1) is 6.92 Å². The van der Waals surface area contributed by atoms with E-state index in [1.807, 2.05) is 4.52 Å². The third-order valence-electron chi connectivity index (χ3n) is 4.59. The molecule has 1 saturated carbocycles. The molecular formula is C18H21N5S2. The minimum absolute atomic E-state index is 0.473. The van der Waals surface area contributed by atoms with Crippen LogP contribution in [0.5, 0.6) is 0 Å². The zero-order chi connectivity index (χ0) is 17.2. The summed E-state index contributed by atoms with van der Waals surface area (Å²) in [6.45, 7) is 2.09. The van der Waals surface area contributed by atoms with Crippen molar-refractivity contribution in [3.8, 4) is 11.3 Å². The molecule has 1 aliphatic rings. The second kappa shape index (κ2) is 7.09. The zero-order valence-corrected chi connectivity index (χ0v) is 15.8. The van der Waals surface area contributed by atoms with Crippen LogP contribution in [0.4, 0.5) is 5.95 Å². The number of nitrogens with one attached hydrogen (secondary N) is 2. The number of aryl methyl sites for hydroxylation is 1. The van der Waals surface area contributed by atoms with Gasteiger partial charge in [-0.3, -0.25) is 5.32 Å². The Hall–Kier alpha value is -1.99. The number of hydrogen-bond donors (Lipinski definition) is 2. The lowest BCUT2D eigenvalue weighted by atomic mass is 9.96. The number of anilines is 1. The van der Waals surface area contributed by atoms with E-state index in [9.17, 15) is 0 Å². The summed E-state index contributed by atoms with van der Waals surface area (Å²) < 4.78 is 1.88. The van der Waals surface area contributed by atoms with Crippen molar-refractivity contribution >= 4 is 39.6 Å². The number of aromatic nitrogens is 3. The third-order valence-corrected chi connectivity index (χ3v) is 5.63. The summed E-state index contributed by atoms with van der Waals surface area (Å²) in [6.07, 6.45) is 6.26. The van der Waals surface area contributed by atoms with Crippen molar-refractivity contribution in [1.82, 2.24) is 19.9 Å². The van der Waals surface area contributed by atoms with Crippen LogP contribution in [0.2, 0.25) is 0 Å². The second-order valence-corrected chi connectivity index (χ2v) is 7.79. The molecule has 0 unspecified atom stereocenters. The van der Waals surface area contributed by atoms with E-state index in [0.29, 0.717) is 17.1 Å². The summed E-state index contributed by atoms with van der Waals surface area (Å²) in [5.41, 5.74) is 3.43. The Kier molecular flexibility index (Phi) is 4.67. The van der Waals surface area contributed by atoms with E-state index in [1.54, 1.807) is 11.3 Å². The van der Waals surface area contributed by atoms with Gasteiger partial charge in [-0.1, -0.05) is 49.1 Å². The van der Waals surface area contributed by atoms with Crippen LogP contribution in [-0.2, 0) is 0 Å². The van der Waals surface area contributed by atoms with E-state index >= 15 is 0 Å². The van der Waals surface area contributed by atoms with Crippen molar-refractivity contribution in [2.24, 2.45) is 0 Å². The first-order valence-electron chi connectivity index (χ1n) is 8.68. The summed E-state index contributed by atoms with van der Waals surface area (Å²) >= 11 is 7.01. The summed E-state index contributed by atoms with van der Waals surface area (Å²) in [4.78, 5) is 5.40. The maximum Gasteiger partial charge on any atom is 0.250 e. The Labute approximate surface area is 156 Å². The monoisotopic (exact) mass is 371 g/mol. The molecule has 1 fully saturated rings. The summed E-state index contributed by atoms with van der Waals surface area (Å²) in [6, 6.07) is 8.92. The smallest absolute Gasteiger partial charge is 0.250 e. The first-order valence-corrected chi connectivity index (χ1v) is 9.97. The van der Waals surface area contributed by atoms with Gasteiger partial charge in [0.1, 0.15) is 0 Å². The number of benzene rings is 1. The number of rotatable bonds is 3. The van der Waals surface area contributed by atoms with Crippen molar-refractivity contribution in [3.63, 3.8) is 0 Å². The van der Waals surface area contributed by atoms with Gasteiger partial charge < -0.3 is 5.32 Å². The molecule has 0 aliphatic heterocycles. The molecular weight excluding hydrogens is 350 g/mol. The SMILES string of the molecule is Cc1ccc(-c2csc3nc(NC(=S)NC4CCCCC4)nn23)cc1. The van der Waals surface area contributed by atoms with Crippen LogP contribution in [0.1, 0.15) is 37.7 Å². The molecule has 0 radical (unpaired) electrons. The first kappa shape index (κ1) is 16.5. The lowest BCUT2D eigenvalue weighted by Crippen LogP contribution is -2.39. The normalized spacial score (nSPS) is 15.4. The molecule has 1 aromatic carbocycles. The highest BCUT2D eigenvalue weighted by Gasteiger charge is 2.16. The molecule has 0 atom stereocenters. The fraction of sp³-hybridized carbons (Fsp3) is 0.389. The fourth-order valence-corrected chi connectivity index (χ4v) is 4.32. The van der Waals surface area contributed by atoms with Crippen molar-refractivity contribution in [2.45, 2.75) is 45.1 Å². The number of thiocarbonyl (C=S) groups is 1. The maximum absolute atomic E-state index is 5.43. The van der Waals surface area contributed by atoms with Crippen LogP contribution in [0.25, 0.3) is 16.2 Å². The number of fused-ring (bicyclic) bond motifs is 1. The lowest BCUT2D eigenvalue weighted by Gasteiger charge is -2.23. The van der Waals surface area contributed by atoms with E-state index < -0.39 is 0 Å². The van der Waals surface area contributed by atoms with Gasteiger partial charge >= 0.3 is 0 Å². The Balaban J connectivity index is 1.49. The van der Waals surface area contributed by atoms with Gasteiger partial charge in [0.05, 0.1) is 5.69 Å². The largest absolute Gasteiger partial charge is 0.360 e. The molecule has 0 amide bonds. The molecule has 1 aliphatic carbocycles. The van der Waals surface area contributed by atoms with E-state index in [2.05, 4.69) is 57.3 Å². The van der Waals surface area contributed by atoms with Gasteiger partial charge in [-0.25, -0.2) is 4.52 Å². The van der Waals surface area contributed by atoms with E-state index in [4.69, 9.17) is 12.2 Å². The Morgan fingerprint density at radius 3 is 2.72 bits per heavy atom. The summed E-state index contributed by atoms with van der Waals surface area (Å²) in [5, 5.41) is 13.8. The van der Waals surface area contributed by atoms with Crippen molar-refractivity contribution in [3.05, 3.63) is 35.2 Å². The first-order chi connectivity index (χ1) is 12.2. The molecule has 0 spiro atoms. The highest BCUT2D eigenvalue weighted by atomic mass is 32.1. The van der Waals surface area contributed by atoms with Gasteiger partial charge in [0.2, 0.25) is 10.9 Å². The number of hydrogen-bond acceptors (Lipinski definition) is 4. The van der Waals surface area contributed by atoms with Gasteiger partial charge in [-0.2, -0.15) is 4.98 Å². The Bertz CT molecular complexity index is 875. The number of nitrogens with zero attached hydrogens (tertiary/aromatic N) is 3. The van der Waals surface area contributed by atoms with Crippen LogP contribution in [0.3, 0.4) is 0 Å². The quantitative estimate of drug-likeness (QED) is 0.669. The fourth-order valence-electron chi connectivity index (χ4n) is 3.23. The molecule has 4 rings (SSSR count). The van der Waals surface area contributed by atoms with Crippen LogP contribution < -0.4 is 10.6 Å². The molecule has 5 nitrogen and oxygen atoms in total. The van der Waals surface area contributed by atoms with Gasteiger partial charge in [0.25, 0.3) is 0 Å². The van der Waals surface area contributed by atoms with Crippen LogP contribution in [0.15, 0.2) is 29.6 Å². The van der Waals surface area contributed by atoms with E-state index in [1.165, 1.54) is 37.7 Å².